The number of amides is 1. The summed E-state index contributed by atoms with van der Waals surface area (Å²) in [6.07, 6.45) is 4.42. The van der Waals surface area contributed by atoms with Gasteiger partial charge in [0.25, 0.3) is 5.91 Å². The highest BCUT2D eigenvalue weighted by Crippen LogP contribution is 2.17. The van der Waals surface area contributed by atoms with E-state index in [9.17, 15) is 9.18 Å². The molecule has 24 heavy (non-hydrogen) atoms. The minimum absolute atomic E-state index is 0.0513. The third-order valence-corrected chi connectivity index (χ3v) is 4.07. The highest BCUT2D eigenvalue weighted by molar-refractivity contribution is 5.92. The topological polar surface area (TPSA) is 58.1 Å². The van der Waals surface area contributed by atoms with E-state index in [1.54, 1.807) is 18.2 Å². The van der Waals surface area contributed by atoms with Crippen molar-refractivity contribution in [3.63, 3.8) is 0 Å². The first-order valence-electron chi connectivity index (χ1n) is 8.29. The third-order valence-electron chi connectivity index (χ3n) is 4.07. The molecule has 1 aromatic heterocycles. The van der Waals surface area contributed by atoms with E-state index in [1.807, 2.05) is 11.8 Å². The fraction of sp³-hybridized carbons (Fsp3) is 0.389. The summed E-state index contributed by atoms with van der Waals surface area (Å²) in [4.78, 5) is 23.2. The Balaban J connectivity index is 1.80. The Labute approximate surface area is 140 Å². The number of carbonyl (C=O) groups is 1. The van der Waals surface area contributed by atoms with E-state index in [1.165, 1.54) is 25.0 Å². The van der Waals surface area contributed by atoms with Crippen molar-refractivity contribution in [3.8, 4) is 0 Å². The minimum atomic E-state index is -0.303. The van der Waals surface area contributed by atoms with Crippen LogP contribution in [-0.4, -0.2) is 33.9 Å². The van der Waals surface area contributed by atoms with Crippen LogP contribution >= 0.6 is 0 Å². The number of hydrogen-bond donors (Lipinski definition) is 1. The number of benzene rings is 1. The van der Waals surface area contributed by atoms with E-state index in [4.69, 9.17) is 0 Å². The normalized spacial score (nSPS) is 15.0. The number of rotatable bonds is 3. The molecule has 6 heteroatoms. The zero-order valence-corrected chi connectivity index (χ0v) is 13.8. The molecule has 2 heterocycles. The van der Waals surface area contributed by atoms with Crippen LogP contribution in [-0.2, 0) is 0 Å². The second-order valence-electron chi connectivity index (χ2n) is 6.06. The number of aryl methyl sites for hydroxylation is 1. The highest BCUT2D eigenvalue weighted by atomic mass is 19.1. The van der Waals surface area contributed by atoms with Crippen LogP contribution in [0.3, 0.4) is 0 Å². The van der Waals surface area contributed by atoms with Crippen LogP contribution in [0.25, 0.3) is 0 Å². The quantitative estimate of drug-likeness (QED) is 0.934. The average molecular weight is 328 g/mol. The lowest BCUT2D eigenvalue weighted by Gasteiger charge is -2.20. The Kier molecular flexibility index (Phi) is 5.03. The van der Waals surface area contributed by atoms with E-state index in [0.29, 0.717) is 23.0 Å². The summed E-state index contributed by atoms with van der Waals surface area (Å²) in [5, 5.41) is 3.02. The van der Waals surface area contributed by atoms with E-state index in [2.05, 4.69) is 15.3 Å². The van der Waals surface area contributed by atoms with Gasteiger partial charge in [-0.05, 0) is 50.1 Å². The Morgan fingerprint density at radius 1 is 1.08 bits per heavy atom. The fourth-order valence-electron chi connectivity index (χ4n) is 2.83. The van der Waals surface area contributed by atoms with Crippen molar-refractivity contribution in [2.45, 2.75) is 32.6 Å². The number of carbonyl (C=O) groups excluding carboxylic acids is 1. The summed E-state index contributed by atoms with van der Waals surface area (Å²) in [7, 11) is 0. The molecule has 1 N–H and O–H groups in total. The van der Waals surface area contributed by atoms with Crippen LogP contribution in [0.2, 0.25) is 0 Å². The summed E-state index contributed by atoms with van der Waals surface area (Å²) in [5.74, 6) is -0.00734. The van der Waals surface area contributed by atoms with Crippen LogP contribution < -0.4 is 5.32 Å². The van der Waals surface area contributed by atoms with Gasteiger partial charge in [-0.15, -0.1) is 0 Å². The number of aromatic nitrogens is 2. The van der Waals surface area contributed by atoms with E-state index in [0.717, 1.165) is 25.9 Å². The monoisotopic (exact) mass is 328 g/mol. The molecule has 5 nitrogen and oxygen atoms in total. The molecular weight excluding hydrogens is 307 g/mol. The van der Waals surface area contributed by atoms with Crippen molar-refractivity contribution in [1.29, 1.82) is 0 Å². The summed E-state index contributed by atoms with van der Waals surface area (Å²) in [6.45, 7) is 3.39. The first-order valence-corrected chi connectivity index (χ1v) is 8.29. The molecule has 1 aromatic carbocycles. The lowest BCUT2D eigenvalue weighted by atomic mass is 10.2. The molecule has 1 fully saturated rings. The second kappa shape index (κ2) is 7.38. The van der Waals surface area contributed by atoms with Gasteiger partial charge in [-0.2, -0.15) is 0 Å². The highest BCUT2D eigenvalue weighted by Gasteiger charge is 2.19. The van der Waals surface area contributed by atoms with E-state index >= 15 is 0 Å². The lowest BCUT2D eigenvalue weighted by Crippen LogP contribution is -2.32. The van der Waals surface area contributed by atoms with Gasteiger partial charge in [0.2, 0.25) is 5.95 Å². The van der Waals surface area contributed by atoms with Crippen LogP contribution in [0.15, 0.2) is 30.3 Å². The van der Waals surface area contributed by atoms with Crippen molar-refractivity contribution in [2.75, 3.05) is 18.4 Å². The number of nitrogens with one attached hydrogen (secondary N) is 1. The van der Waals surface area contributed by atoms with Gasteiger partial charge in [0.05, 0.1) is 0 Å². The predicted octanol–water partition coefficient (Wildman–Crippen LogP) is 3.68. The maximum atomic E-state index is 13.0. The van der Waals surface area contributed by atoms with Crippen LogP contribution in [0, 0.1) is 12.7 Å². The molecule has 1 aliphatic rings. The largest absolute Gasteiger partial charge is 0.337 e. The van der Waals surface area contributed by atoms with Gasteiger partial charge in [0.15, 0.2) is 0 Å². The molecule has 0 atom stereocenters. The molecule has 2 aromatic rings. The first-order chi connectivity index (χ1) is 11.6. The van der Waals surface area contributed by atoms with Gasteiger partial charge in [-0.1, -0.05) is 12.8 Å². The first kappa shape index (κ1) is 16.4. The molecule has 0 radical (unpaired) electrons. The van der Waals surface area contributed by atoms with Crippen molar-refractivity contribution in [1.82, 2.24) is 14.9 Å². The average Bonchev–Trinajstić information content (AvgIpc) is 2.85. The van der Waals surface area contributed by atoms with Gasteiger partial charge in [-0.3, -0.25) is 4.79 Å². The van der Waals surface area contributed by atoms with Gasteiger partial charge in [0, 0.05) is 24.5 Å². The maximum absolute atomic E-state index is 13.0. The minimum Gasteiger partial charge on any atom is -0.337 e. The maximum Gasteiger partial charge on any atom is 0.272 e. The number of anilines is 2. The molecule has 1 amide bonds. The summed E-state index contributed by atoms with van der Waals surface area (Å²) >= 11 is 0. The van der Waals surface area contributed by atoms with Gasteiger partial charge in [0.1, 0.15) is 11.5 Å². The zero-order chi connectivity index (χ0) is 16.9. The van der Waals surface area contributed by atoms with E-state index < -0.39 is 0 Å². The van der Waals surface area contributed by atoms with Crippen LogP contribution in [0.4, 0.5) is 16.0 Å². The summed E-state index contributed by atoms with van der Waals surface area (Å²) in [5.41, 5.74) is 1.79. The lowest BCUT2D eigenvalue weighted by molar-refractivity contribution is 0.0755. The molecule has 126 valence electrons. The van der Waals surface area contributed by atoms with Crippen molar-refractivity contribution >= 4 is 17.5 Å². The SMILES string of the molecule is Cc1cc(C(=O)N2CCCCCC2)nc(Nc2ccc(F)cc2)n1. The number of halogens is 1. The van der Waals surface area contributed by atoms with Crippen LogP contribution in [0.5, 0.6) is 0 Å². The van der Waals surface area contributed by atoms with Crippen molar-refractivity contribution < 1.29 is 9.18 Å². The summed E-state index contributed by atoms with van der Waals surface area (Å²) < 4.78 is 13.0. The van der Waals surface area contributed by atoms with E-state index in [-0.39, 0.29) is 11.7 Å². The number of nitrogens with zero attached hydrogens (tertiary/aromatic N) is 3. The smallest absolute Gasteiger partial charge is 0.272 e. The third kappa shape index (κ3) is 4.07. The molecule has 1 aliphatic heterocycles. The Hall–Kier alpha value is -2.50. The number of likely N-dealkylation sites (tertiary alicyclic amines) is 1. The zero-order valence-electron chi connectivity index (χ0n) is 13.8. The molecule has 0 saturated carbocycles. The molecule has 0 aliphatic carbocycles. The van der Waals surface area contributed by atoms with Gasteiger partial charge < -0.3 is 10.2 Å². The Bertz CT molecular complexity index is 709. The molecule has 1 saturated heterocycles. The molecule has 0 unspecified atom stereocenters. The molecule has 0 bridgehead atoms. The molecule has 3 rings (SSSR count). The fourth-order valence-corrected chi connectivity index (χ4v) is 2.83. The number of hydrogen-bond acceptors (Lipinski definition) is 4. The summed E-state index contributed by atoms with van der Waals surface area (Å²) in [6, 6.07) is 7.65. The molecular formula is C18H21FN4O. The Morgan fingerprint density at radius 3 is 2.42 bits per heavy atom. The van der Waals surface area contributed by atoms with Crippen molar-refractivity contribution in [3.05, 3.63) is 47.5 Å². The van der Waals surface area contributed by atoms with Crippen LogP contribution in [0.1, 0.15) is 41.9 Å². The Morgan fingerprint density at radius 2 is 1.75 bits per heavy atom. The molecule has 0 spiro atoms. The second-order valence-corrected chi connectivity index (χ2v) is 6.06. The standard InChI is InChI=1S/C18H21FN4O/c1-13-12-16(17(24)23-10-4-2-3-5-11-23)22-18(20-13)21-15-8-6-14(19)7-9-15/h6-9,12H,2-5,10-11H2,1H3,(H,20,21,22). The van der Waals surface area contributed by atoms with Crippen molar-refractivity contribution in [2.24, 2.45) is 0 Å². The van der Waals surface area contributed by atoms with Gasteiger partial charge >= 0.3 is 0 Å². The predicted molar refractivity (Wildman–Crippen MR) is 90.8 cm³/mol. The van der Waals surface area contributed by atoms with Gasteiger partial charge in [-0.25, -0.2) is 14.4 Å².